The highest BCUT2D eigenvalue weighted by atomic mass is 35.5. The fraction of sp³-hybridized carbons (Fsp3) is 0.259. The van der Waals surface area contributed by atoms with Crippen molar-refractivity contribution in [3.05, 3.63) is 94.0 Å². The fourth-order valence-electron chi connectivity index (χ4n) is 3.88. The van der Waals surface area contributed by atoms with Gasteiger partial charge in [0, 0.05) is 29.1 Å². The van der Waals surface area contributed by atoms with Crippen LogP contribution in [0.2, 0.25) is 5.02 Å². The van der Waals surface area contributed by atoms with Gasteiger partial charge in [0.15, 0.2) is 5.78 Å². The van der Waals surface area contributed by atoms with Crippen molar-refractivity contribution in [2.75, 3.05) is 5.32 Å². The molecule has 1 aliphatic rings. The lowest BCUT2D eigenvalue weighted by molar-refractivity contribution is -0.116. The van der Waals surface area contributed by atoms with Crippen LogP contribution in [0.25, 0.3) is 0 Å². The predicted octanol–water partition coefficient (Wildman–Crippen LogP) is 6.40. The summed E-state index contributed by atoms with van der Waals surface area (Å²) in [5.41, 5.74) is 5.04. The van der Waals surface area contributed by atoms with E-state index in [4.69, 9.17) is 16.3 Å². The first-order valence-electron chi connectivity index (χ1n) is 11.0. The number of nitrogens with one attached hydrogen (secondary N) is 1. The number of aryl methyl sites for hydroxylation is 2. The SMILES string of the molecule is O=C(CCC(=O)c1ccc2c(c1)CCCC2)Nc1ccc(OCc2ccc(Cl)cc2)cc1. The van der Waals surface area contributed by atoms with E-state index in [1.165, 1.54) is 24.0 Å². The molecule has 0 unspecified atom stereocenters. The molecule has 32 heavy (non-hydrogen) atoms. The molecule has 1 amide bonds. The minimum atomic E-state index is -0.175. The molecule has 0 bridgehead atoms. The van der Waals surface area contributed by atoms with Crippen LogP contribution < -0.4 is 10.1 Å². The standard InChI is InChI=1S/C27H26ClNO3/c28-23-9-5-19(6-10-23)18-32-25-13-11-24(12-14-25)29-27(31)16-15-26(30)22-8-7-20-3-1-2-4-21(20)17-22/h5-14,17H,1-4,15-16,18H2,(H,29,31). The third-order valence-electron chi connectivity index (χ3n) is 5.71. The van der Waals surface area contributed by atoms with Gasteiger partial charge in [-0.15, -0.1) is 0 Å². The van der Waals surface area contributed by atoms with E-state index in [9.17, 15) is 9.59 Å². The van der Waals surface area contributed by atoms with Crippen molar-refractivity contribution >= 4 is 29.0 Å². The van der Waals surface area contributed by atoms with E-state index < -0.39 is 0 Å². The lowest BCUT2D eigenvalue weighted by atomic mass is 9.89. The summed E-state index contributed by atoms with van der Waals surface area (Å²) in [4.78, 5) is 24.8. The average molecular weight is 448 g/mol. The zero-order valence-corrected chi connectivity index (χ0v) is 18.7. The lowest BCUT2D eigenvalue weighted by Crippen LogP contribution is -2.14. The Morgan fingerprint density at radius 1 is 0.844 bits per heavy atom. The summed E-state index contributed by atoms with van der Waals surface area (Å²) in [6.45, 7) is 0.438. The normalized spacial score (nSPS) is 12.7. The number of halogens is 1. The number of hydrogen-bond acceptors (Lipinski definition) is 3. The first-order chi connectivity index (χ1) is 15.6. The number of rotatable bonds is 8. The van der Waals surface area contributed by atoms with Gasteiger partial charge in [-0.05, 0) is 84.8 Å². The summed E-state index contributed by atoms with van der Waals surface area (Å²) < 4.78 is 5.76. The molecule has 0 fully saturated rings. The molecule has 0 atom stereocenters. The molecule has 0 aromatic heterocycles. The summed E-state index contributed by atoms with van der Waals surface area (Å²) >= 11 is 5.89. The Morgan fingerprint density at radius 2 is 1.56 bits per heavy atom. The van der Waals surface area contributed by atoms with E-state index in [1.54, 1.807) is 12.1 Å². The highest BCUT2D eigenvalue weighted by Crippen LogP contribution is 2.23. The van der Waals surface area contributed by atoms with Crippen LogP contribution in [-0.2, 0) is 24.2 Å². The van der Waals surface area contributed by atoms with Gasteiger partial charge >= 0.3 is 0 Å². The van der Waals surface area contributed by atoms with Crippen LogP contribution in [0, 0.1) is 0 Å². The number of fused-ring (bicyclic) bond motifs is 1. The number of carbonyl (C=O) groups excluding carboxylic acids is 2. The molecule has 3 aromatic carbocycles. The van der Waals surface area contributed by atoms with E-state index in [0.717, 1.165) is 18.4 Å². The minimum absolute atomic E-state index is 0.0134. The van der Waals surface area contributed by atoms with Gasteiger partial charge in [-0.3, -0.25) is 9.59 Å². The van der Waals surface area contributed by atoms with Crippen LogP contribution in [0.15, 0.2) is 66.7 Å². The number of hydrogen-bond donors (Lipinski definition) is 1. The van der Waals surface area contributed by atoms with Crippen LogP contribution in [0.1, 0.15) is 52.7 Å². The van der Waals surface area contributed by atoms with E-state index >= 15 is 0 Å². The second-order valence-corrected chi connectivity index (χ2v) is 8.54. The maximum absolute atomic E-state index is 12.5. The zero-order chi connectivity index (χ0) is 22.3. The van der Waals surface area contributed by atoms with Crippen molar-refractivity contribution in [1.29, 1.82) is 0 Å². The molecular formula is C27H26ClNO3. The number of ketones is 1. The van der Waals surface area contributed by atoms with Crippen molar-refractivity contribution in [3.8, 4) is 5.75 Å². The zero-order valence-electron chi connectivity index (χ0n) is 17.9. The summed E-state index contributed by atoms with van der Waals surface area (Å²) in [5, 5.41) is 3.54. The quantitative estimate of drug-likeness (QED) is 0.406. The number of ether oxygens (including phenoxy) is 1. The third kappa shape index (κ3) is 5.98. The minimum Gasteiger partial charge on any atom is -0.489 e. The van der Waals surface area contributed by atoms with Crippen molar-refractivity contribution < 1.29 is 14.3 Å². The molecule has 0 heterocycles. The molecule has 4 nitrogen and oxygen atoms in total. The molecule has 0 saturated carbocycles. The summed E-state index contributed by atoms with van der Waals surface area (Å²) in [6, 6.07) is 20.7. The largest absolute Gasteiger partial charge is 0.489 e. The van der Waals surface area contributed by atoms with Gasteiger partial charge in [-0.1, -0.05) is 35.9 Å². The maximum atomic E-state index is 12.5. The van der Waals surface area contributed by atoms with Gasteiger partial charge in [0.25, 0.3) is 0 Å². The second-order valence-electron chi connectivity index (χ2n) is 8.10. The Hall–Kier alpha value is -3.11. The molecule has 3 aromatic rings. The molecule has 164 valence electrons. The first-order valence-corrected chi connectivity index (χ1v) is 11.4. The predicted molar refractivity (Wildman–Crippen MR) is 128 cm³/mol. The number of benzene rings is 3. The molecule has 5 heteroatoms. The van der Waals surface area contributed by atoms with Crippen LogP contribution in [0.5, 0.6) is 5.75 Å². The Labute approximate surface area is 193 Å². The smallest absolute Gasteiger partial charge is 0.224 e. The second kappa shape index (κ2) is 10.5. The van der Waals surface area contributed by atoms with E-state index in [1.807, 2.05) is 48.5 Å². The van der Waals surface area contributed by atoms with E-state index in [-0.39, 0.29) is 24.5 Å². The summed E-state index contributed by atoms with van der Waals surface area (Å²) in [6.07, 6.45) is 4.89. The molecule has 1 aliphatic carbocycles. The van der Waals surface area contributed by atoms with Crippen LogP contribution in [0.3, 0.4) is 0 Å². The van der Waals surface area contributed by atoms with Crippen molar-refractivity contribution in [1.82, 2.24) is 0 Å². The molecule has 0 aliphatic heterocycles. The van der Waals surface area contributed by atoms with Crippen LogP contribution in [-0.4, -0.2) is 11.7 Å². The molecular weight excluding hydrogens is 422 g/mol. The van der Waals surface area contributed by atoms with Crippen LogP contribution >= 0.6 is 11.6 Å². The van der Waals surface area contributed by atoms with Gasteiger partial charge in [-0.25, -0.2) is 0 Å². The maximum Gasteiger partial charge on any atom is 0.224 e. The number of anilines is 1. The third-order valence-corrected chi connectivity index (χ3v) is 5.96. The summed E-state index contributed by atoms with van der Waals surface area (Å²) in [5.74, 6) is 0.547. The molecule has 1 N–H and O–H groups in total. The van der Waals surface area contributed by atoms with E-state index in [2.05, 4.69) is 11.4 Å². The van der Waals surface area contributed by atoms with Gasteiger partial charge < -0.3 is 10.1 Å². The highest BCUT2D eigenvalue weighted by molar-refractivity contribution is 6.30. The van der Waals surface area contributed by atoms with Crippen molar-refractivity contribution in [3.63, 3.8) is 0 Å². The number of Topliss-reactive ketones (excluding diaryl/α,β-unsaturated/α-hetero) is 1. The average Bonchev–Trinajstić information content (AvgIpc) is 2.83. The van der Waals surface area contributed by atoms with Gasteiger partial charge in [-0.2, -0.15) is 0 Å². The Balaban J connectivity index is 1.24. The number of amides is 1. The Bertz CT molecular complexity index is 1090. The van der Waals surface area contributed by atoms with Crippen LogP contribution in [0.4, 0.5) is 5.69 Å². The fourth-order valence-corrected chi connectivity index (χ4v) is 4.01. The molecule has 0 saturated heterocycles. The number of carbonyl (C=O) groups is 2. The first kappa shape index (κ1) is 22.1. The Morgan fingerprint density at radius 3 is 2.31 bits per heavy atom. The monoisotopic (exact) mass is 447 g/mol. The van der Waals surface area contributed by atoms with Crippen molar-refractivity contribution in [2.45, 2.75) is 45.1 Å². The van der Waals surface area contributed by atoms with Crippen molar-refractivity contribution in [2.24, 2.45) is 0 Å². The summed E-state index contributed by atoms with van der Waals surface area (Å²) in [7, 11) is 0. The van der Waals surface area contributed by atoms with Gasteiger partial charge in [0.2, 0.25) is 5.91 Å². The Kier molecular flexibility index (Phi) is 7.23. The topological polar surface area (TPSA) is 55.4 Å². The molecule has 0 radical (unpaired) electrons. The highest BCUT2D eigenvalue weighted by Gasteiger charge is 2.14. The van der Waals surface area contributed by atoms with E-state index in [0.29, 0.717) is 28.6 Å². The molecule has 4 rings (SSSR count). The van der Waals surface area contributed by atoms with Gasteiger partial charge in [0.1, 0.15) is 12.4 Å². The lowest BCUT2D eigenvalue weighted by Gasteiger charge is -2.16. The molecule has 0 spiro atoms. The van der Waals surface area contributed by atoms with Gasteiger partial charge in [0.05, 0.1) is 0 Å².